The number of aromatic carboxylic acids is 1. The molecule has 1 aliphatic heterocycles. The summed E-state index contributed by atoms with van der Waals surface area (Å²) in [5.74, 6) is -6.40. The summed E-state index contributed by atoms with van der Waals surface area (Å²) < 4.78 is 63.5. The van der Waals surface area contributed by atoms with Gasteiger partial charge in [-0.15, -0.1) is 0 Å². The van der Waals surface area contributed by atoms with Crippen molar-refractivity contribution in [1.82, 2.24) is 14.9 Å². The lowest BCUT2D eigenvalue weighted by atomic mass is 10.0. The number of pyridine rings is 2. The average Bonchev–Trinajstić information content (AvgIpc) is 3.05. The Morgan fingerprint density at radius 2 is 1.47 bits per heavy atom. The summed E-state index contributed by atoms with van der Waals surface area (Å²) in [7, 11) is 0. The lowest BCUT2D eigenvalue weighted by Crippen LogP contribution is -2.32. The molecule has 0 atom stereocenters. The number of nitrogens with zero attached hydrogens (tertiary/aromatic N) is 3. The Labute approximate surface area is 210 Å². The van der Waals surface area contributed by atoms with E-state index in [1.54, 1.807) is 30.6 Å². The zero-order valence-electron chi connectivity index (χ0n) is 19.5. The number of hydrogen-bond acceptors (Lipinski definition) is 6. The van der Waals surface area contributed by atoms with Crippen LogP contribution in [0.3, 0.4) is 0 Å². The zero-order valence-corrected chi connectivity index (χ0v) is 19.5. The highest BCUT2D eigenvalue weighted by Crippen LogP contribution is 2.26. The Hall–Kier alpha value is -4.24. The van der Waals surface area contributed by atoms with Gasteiger partial charge in [-0.05, 0) is 30.2 Å². The third kappa shape index (κ3) is 9.67. The molecule has 16 heteroatoms. The number of amides is 1. The molecule has 3 rings (SSSR count). The standard InChI is InChI=1S/C18H19N3O3.2C2HF3O2/c1-2-16(22)21-8-5-12-10-14(18(23)24)17(20-15(12)6-9-21)13-4-3-7-19-11-13;2*3-2(4,5)1(6)7/h3-4,7,10-11H,2,5-6,8-9H2,1H3,(H,23,24);2*(H,6,7). The molecule has 0 spiro atoms. The van der Waals surface area contributed by atoms with Crippen molar-refractivity contribution in [1.29, 1.82) is 0 Å². The Morgan fingerprint density at radius 1 is 0.947 bits per heavy atom. The van der Waals surface area contributed by atoms with Crippen LogP contribution < -0.4 is 0 Å². The fourth-order valence-corrected chi connectivity index (χ4v) is 2.99. The highest BCUT2D eigenvalue weighted by atomic mass is 19.4. The van der Waals surface area contributed by atoms with Gasteiger partial charge >= 0.3 is 30.3 Å². The maximum absolute atomic E-state index is 11.9. The van der Waals surface area contributed by atoms with E-state index in [0.717, 1.165) is 11.3 Å². The van der Waals surface area contributed by atoms with E-state index in [1.807, 2.05) is 11.8 Å². The van der Waals surface area contributed by atoms with Crippen molar-refractivity contribution in [2.24, 2.45) is 0 Å². The Kier molecular flexibility index (Phi) is 11.2. The molecule has 1 aliphatic rings. The summed E-state index contributed by atoms with van der Waals surface area (Å²) in [5, 5.41) is 23.8. The van der Waals surface area contributed by atoms with Crippen molar-refractivity contribution in [3.05, 3.63) is 47.4 Å². The number of aliphatic carboxylic acids is 2. The first-order chi connectivity index (χ1) is 17.5. The van der Waals surface area contributed by atoms with E-state index in [0.29, 0.717) is 43.6 Å². The highest BCUT2D eigenvalue weighted by molar-refractivity contribution is 5.95. The third-order valence-electron chi connectivity index (χ3n) is 4.77. The van der Waals surface area contributed by atoms with Crippen molar-refractivity contribution >= 4 is 23.8 Å². The Morgan fingerprint density at radius 3 is 1.89 bits per heavy atom. The molecule has 0 bridgehead atoms. The van der Waals surface area contributed by atoms with Crippen molar-refractivity contribution in [3.8, 4) is 11.3 Å². The lowest BCUT2D eigenvalue weighted by molar-refractivity contribution is -0.193. The number of aromatic nitrogens is 2. The highest BCUT2D eigenvalue weighted by Gasteiger charge is 2.38. The molecule has 10 nitrogen and oxygen atoms in total. The maximum Gasteiger partial charge on any atom is 0.490 e. The van der Waals surface area contributed by atoms with Crippen LogP contribution in [0.25, 0.3) is 11.3 Å². The number of halogens is 6. The molecule has 0 radical (unpaired) electrons. The molecule has 208 valence electrons. The summed E-state index contributed by atoms with van der Waals surface area (Å²) in [4.78, 5) is 51.9. The number of carboxylic acid groups (broad SMARTS) is 3. The first kappa shape index (κ1) is 31.8. The molecule has 2 aromatic heterocycles. The van der Waals surface area contributed by atoms with Crippen LogP contribution in [-0.4, -0.2) is 79.4 Å². The predicted molar refractivity (Wildman–Crippen MR) is 116 cm³/mol. The fourth-order valence-electron chi connectivity index (χ4n) is 2.99. The minimum atomic E-state index is -5.08. The SMILES string of the molecule is CCC(=O)N1CCc2cc(C(=O)O)c(-c3cccnc3)nc2CC1.O=C(O)C(F)(F)F.O=C(O)C(F)(F)F. The van der Waals surface area contributed by atoms with Gasteiger partial charge < -0.3 is 20.2 Å². The second-order valence-electron chi connectivity index (χ2n) is 7.38. The molecule has 0 aliphatic carbocycles. The summed E-state index contributed by atoms with van der Waals surface area (Å²) in [6.07, 6.45) is -5.17. The molecule has 3 heterocycles. The van der Waals surface area contributed by atoms with Crippen molar-refractivity contribution in [3.63, 3.8) is 0 Å². The van der Waals surface area contributed by atoms with Crippen LogP contribution in [-0.2, 0) is 27.2 Å². The van der Waals surface area contributed by atoms with Crippen LogP contribution >= 0.6 is 0 Å². The quantitative estimate of drug-likeness (QED) is 0.484. The molecule has 0 aromatic carbocycles. The summed E-state index contributed by atoms with van der Waals surface area (Å²) >= 11 is 0. The topological polar surface area (TPSA) is 158 Å². The summed E-state index contributed by atoms with van der Waals surface area (Å²) in [6.45, 7) is 3.07. The van der Waals surface area contributed by atoms with E-state index in [1.165, 1.54) is 0 Å². The minimum absolute atomic E-state index is 0.119. The fraction of sp³-hybridized carbons (Fsp3) is 0.364. The number of fused-ring (bicyclic) bond motifs is 1. The van der Waals surface area contributed by atoms with Crippen LogP contribution in [0.2, 0.25) is 0 Å². The maximum atomic E-state index is 11.9. The van der Waals surface area contributed by atoms with E-state index < -0.39 is 30.3 Å². The van der Waals surface area contributed by atoms with Crippen LogP contribution in [0, 0.1) is 0 Å². The molecule has 0 fully saturated rings. The van der Waals surface area contributed by atoms with E-state index in [4.69, 9.17) is 19.8 Å². The normalized spacial score (nSPS) is 13.0. The van der Waals surface area contributed by atoms with Crippen molar-refractivity contribution < 1.29 is 60.8 Å². The van der Waals surface area contributed by atoms with E-state index in [9.17, 15) is 41.0 Å². The lowest BCUT2D eigenvalue weighted by Gasteiger charge is -2.18. The first-order valence-electron chi connectivity index (χ1n) is 10.5. The molecule has 2 aromatic rings. The van der Waals surface area contributed by atoms with Gasteiger partial charge in [0.15, 0.2) is 0 Å². The number of alkyl halides is 6. The van der Waals surface area contributed by atoms with Gasteiger partial charge in [-0.2, -0.15) is 26.3 Å². The van der Waals surface area contributed by atoms with Crippen LogP contribution in [0.5, 0.6) is 0 Å². The van der Waals surface area contributed by atoms with Gasteiger partial charge in [0.05, 0.1) is 11.3 Å². The van der Waals surface area contributed by atoms with Crippen LogP contribution in [0.1, 0.15) is 35.0 Å². The monoisotopic (exact) mass is 553 g/mol. The average molecular weight is 553 g/mol. The molecular formula is C22H21F6N3O7. The van der Waals surface area contributed by atoms with Crippen molar-refractivity contribution in [2.75, 3.05) is 13.1 Å². The van der Waals surface area contributed by atoms with Gasteiger partial charge in [-0.25, -0.2) is 14.4 Å². The molecule has 1 amide bonds. The molecule has 0 unspecified atom stereocenters. The Bertz CT molecular complexity index is 1130. The third-order valence-corrected chi connectivity index (χ3v) is 4.77. The van der Waals surface area contributed by atoms with Gasteiger partial charge in [0.2, 0.25) is 5.91 Å². The van der Waals surface area contributed by atoms with Gasteiger partial charge in [0.25, 0.3) is 0 Å². The predicted octanol–water partition coefficient (Wildman–Crippen LogP) is 3.45. The van der Waals surface area contributed by atoms with Gasteiger partial charge in [-0.3, -0.25) is 14.8 Å². The number of carboxylic acids is 3. The molecular weight excluding hydrogens is 532 g/mol. The largest absolute Gasteiger partial charge is 0.490 e. The number of carbonyl (C=O) groups is 4. The smallest absolute Gasteiger partial charge is 0.478 e. The minimum Gasteiger partial charge on any atom is -0.478 e. The van der Waals surface area contributed by atoms with Crippen LogP contribution in [0.4, 0.5) is 26.3 Å². The molecule has 3 N–H and O–H groups in total. The van der Waals surface area contributed by atoms with Gasteiger partial charge in [0, 0.05) is 49.6 Å². The van der Waals surface area contributed by atoms with E-state index in [-0.39, 0.29) is 11.5 Å². The Balaban J connectivity index is 0.000000426. The van der Waals surface area contributed by atoms with E-state index >= 15 is 0 Å². The van der Waals surface area contributed by atoms with Gasteiger partial charge in [0.1, 0.15) is 0 Å². The second-order valence-corrected chi connectivity index (χ2v) is 7.38. The molecule has 0 saturated heterocycles. The summed E-state index contributed by atoms with van der Waals surface area (Å²) in [5.41, 5.74) is 3.07. The van der Waals surface area contributed by atoms with E-state index in [2.05, 4.69) is 9.97 Å². The van der Waals surface area contributed by atoms with Crippen LogP contribution in [0.15, 0.2) is 30.6 Å². The number of hydrogen-bond donors (Lipinski definition) is 3. The summed E-state index contributed by atoms with van der Waals surface area (Å²) in [6, 6.07) is 5.26. The number of carbonyl (C=O) groups excluding carboxylic acids is 1. The number of rotatable bonds is 3. The first-order valence-corrected chi connectivity index (χ1v) is 10.5. The van der Waals surface area contributed by atoms with Gasteiger partial charge in [-0.1, -0.05) is 6.92 Å². The second kappa shape index (κ2) is 13.3. The van der Waals surface area contributed by atoms with Crippen molar-refractivity contribution in [2.45, 2.75) is 38.5 Å². The zero-order chi connectivity index (χ0) is 29.3. The molecule has 0 saturated carbocycles. The molecule has 38 heavy (non-hydrogen) atoms.